The van der Waals surface area contributed by atoms with Crippen LogP contribution in [0, 0.1) is 0 Å². The third-order valence-corrected chi connectivity index (χ3v) is 3.76. The molecule has 3 heterocycles. The van der Waals surface area contributed by atoms with Gasteiger partial charge in [0.05, 0.1) is 17.5 Å². The van der Waals surface area contributed by atoms with Crippen molar-refractivity contribution in [3.05, 3.63) is 48.7 Å². The molecule has 0 radical (unpaired) electrons. The molecule has 1 unspecified atom stereocenters. The zero-order valence-electron chi connectivity index (χ0n) is 12.1. The van der Waals surface area contributed by atoms with Crippen molar-refractivity contribution in [3.8, 4) is 0 Å². The van der Waals surface area contributed by atoms with Gasteiger partial charge in [-0.25, -0.2) is 9.97 Å². The van der Waals surface area contributed by atoms with Gasteiger partial charge in [0.25, 0.3) is 0 Å². The Morgan fingerprint density at radius 3 is 2.87 bits per heavy atom. The minimum Gasteiger partial charge on any atom is -0.309 e. The van der Waals surface area contributed by atoms with Gasteiger partial charge in [0.15, 0.2) is 0 Å². The van der Waals surface area contributed by atoms with Crippen LogP contribution < -0.4 is 10.6 Å². The van der Waals surface area contributed by atoms with E-state index in [1.807, 2.05) is 24.3 Å². The first-order valence-electron chi connectivity index (χ1n) is 7.21. The summed E-state index contributed by atoms with van der Waals surface area (Å²) in [6.45, 7) is 0. The molecular formula is C16H13N5O2. The Hall–Kier alpha value is -3.22. The molecule has 0 fully saturated rings. The molecule has 2 N–H and O–H groups in total. The van der Waals surface area contributed by atoms with Gasteiger partial charge in [-0.3, -0.25) is 19.5 Å². The molecule has 23 heavy (non-hydrogen) atoms. The number of hydrogen-bond acceptors (Lipinski definition) is 4. The number of aromatic nitrogens is 3. The minimum absolute atomic E-state index is 0.0615. The monoisotopic (exact) mass is 307 g/mol. The summed E-state index contributed by atoms with van der Waals surface area (Å²) in [5.41, 5.74) is 1.55. The van der Waals surface area contributed by atoms with Gasteiger partial charge in [-0.2, -0.15) is 0 Å². The van der Waals surface area contributed by atoms with E-state index in [0.717, 1.165) is 11.0 Å². The summed E-state index contributed by atoms with van der Waals surface area (Å²) in [4.78, 5) is 33.0. The van der Waals surface area contributed by atoms with Crippen LogP contribution in [-0.4, -0.2) is 26.3 Å². The predicted octanol–water partition coefficient (Wildman–Crippen LogP) is 1.95. The van der Waals surface area contributed by atoms with Crippen LogP contribution in [0.25, 0.3) is 11.0 Å². The van der Waals surface area contributed by atoms with Gasteiger partial charge in [0, 0.05) is 6.20 Å². The largest absolute Gasteiger partial charge is 0.309 e. The number of pyridine rings is 1. The highest BCUT2D eigenvalue weighted by Gasteiger charge is 2.32. The number of para-hydroxylation sites is 2. The van der Waals surface area contributed by atoms with Crippen LogP contribution >= 0.6 is 0 Å². The number of benzene rings is 1. The average molecular weight is 307 g/mol. The highest BCUT2D eigenvalue weighted by Crippen LogP contribution is 2.30. The Kier molecular flexibility index (Phi) is 3.04. The Labute approximate surface area is 131 Å². The minimum atomic E-state index is -0.659. The Balaban J connectivity index is 1.75. The summed E-state index contributed by atoms with van der Waals surface area (Å²) in [7, 11) is 0. The number of imidazole rings is 1. The molecule has 1 atom stereocenters. The maximum atomic E-state index is 12.6. The normalized spacial score (nSPS) is 16.7. The molecule has 3 aromatic rings. The van der Waals surface area contributed by atoms with Crippen LogP contribution in [0.15, 0.2) is 48.7 Å². The molecule has 1 aliphatic rings. The molecule has 2 amide bonds. The van der Waals surface area contributed by atoms with E-state index in [4.69, 9.17) is 0 Å². The third kappa shape index (κ3) is 2.32. The maximum absolute atomic E-state index is 12.6. The van der Waals surface area contributed by atoms with Gasteiger partial charge in [0.2, 0.25) is 17.8 Å². The second kappa shape index (κ2) is 5.20. The van der Waals surface area contributed by atoms with Gasteiger partial charge in [-0.1, -0.05) is 18.2 Å². The van der Waals surface area contributed by atoms with Crippen LogP contribution in [0.3, 0.4) is 0 Å². The lowest BCUT2D eigenvalue weighted by atomic mass is 10.1. The summed E-state index contributed by atoms with van der Waals surface area (Å²) in [5.74, 6) is 0.329. The van der Waals surface area contributed by atoms with Crippen molar-refractivity contribution in [1.82, 2.24) is 14.5 Å². The van der Waals surface area contributed by atoms with Crippen LogP contribution in [0.4, 0.5) is 11.8 Å². The third-order valence-electron chi connectivity index (χ3n) is 3.76. The number of fused-ring (bicyclic) bond motifs is 3. The standard InChI is InChI=1S/C16H13N5O2/c22-14-9-12(15(23)19-13-7-3-4-8-17-13)21-11-6-2-1-5-10(11)18-16(21)20-14/h1-8,12H,9H2,(H,17,19,23)(H,18,20,22). The SMILES string of the molecule is O=C1CC(C(=O)Nc2ccccn2)n2c(nc3ccccc32)N1. The summed E-state index contributed by atoms with van der Waals surface area (Å²) in [6, 6.07) is 12.1. The van der Waals surface area contributed by atoms with Crippen LogP contribution in [0.5, 0.6) is 0 Å². The van der Waals surface area contributed by atoms with Crippen molar-refractivity contribution in [2.45, 2.75) is 12.5 Å². The summed E-state index contributed by atoms with van der Waals surface area (Å²) in [5, 5.41) is 5.46. The molecule has 1 aliphatic heterocycles. The van der Waals surface area contributed by atoms with E-state index in [1.54, 1.807) is 29.0 Å². The first-order valence-corrected chi connectivity index (χ1v) is 7.21. The van der Waals surface area contributed by atoms with E-state index in [1.165, 1.54) is 0 Å². The van der Waals surface area contributed by atoms with E-state index in [9.17, 15) is 9.59 Å². The molecule has 4 rings (SSSR count). The Morgan fingerprint density at radius 2 is 2.04 bits per heavy atom. The molecule has 0 aliphatic carbocycles. The lowest BCUT2D eigenvalue weighted by Crippen LogP contribution is -2.35. The van der Waals surface area contributed by atoms with Crippen LogP contribution in [-0.2, 0) is 9.59 Å². The van der Waals surface area contributed by atoms with Gasteiger partial charge < -0.3 is 5.32 Å². The highest BCUT2D eigenvalue weighted by molar-refractivity contribution is 6.02. The second-order valence-corrected chi connectivity index (χ2v) is 5.27. The Morgan fingerprint density at radius 1 is 1.22 bits per heavy atom. The number of nitrogens with one attached hydrogen (secondary N) is 2. The van der Waals surface area contributed by atoms with Crippen molar-refractivity contribution in [2.24, 2.45) is 0 Å². The molecule has 2 aromatic heterocycles. The van der Waals surface area contributed by atoms with Crippen molar-refractivity contribution in [3.63, 3.8) is 0 Å². The number of carbonyl (C=O) groups is 2. The number of nitrogens with zero attached hydrogens (tertiary/aromatic N) is 3. The number of rotatable bonds is 2. The maximum Gasteiger partial charge on any atom is 0.249 e. The molecule has 0 bridgehead atoms. The lowest BCUT2D eigenvalue weighted by Gasteiger charge is -2.24. The quantitative estimate of drug-likeness (QED) is 0.757. The fourth-order valence-corrected chi connectivity index (χ4v) is 2.75. The van der Waals surface area contributed by atoms with Gasteiger partial charge in [-0.15, -0.1) is 0 Å². The molecular weight excluding hydrogens is 294 g/mol. The smallest absolute Gasteiger partial charge is 0.249 e. The van der Waals surface area contributed by atoms with E-state index in [0.29, 0.717) is 11.8 Å². The van der Waals surface area contributed by atoms with Crippen molar-refractivity contribution < 1.29 is 9.59 Å². The van der Waals surface area contributed by atoms with Crippen molar-refractivity contribution in [1.29, 1.82) is 0 Å². The van der Waals surface area contributed by atoms with E-state index >= 15 is 0 Å². The molecule has 7 heteroatoms. The van der Waals surface area contributed by atoms with Crippen LogP contribution in [0.1, 0.15) is 12.5 Å². The number of anilines is 2. The molecule has 0 saturated carbocycles. The fourth-order valence-electron chi connectivity index (χ4n) is 2.75. The number of hydrogen-bond donors (Lipinski definition) is 2. The van der Waals surface area contributed by atoms with E-state index < -0.39 is 6.04 Å². The van der Waals surface area contributed by atoms with E-state index in [-0.39, 0.29) is 18.2 Å². The van der Waals surface area contributed by atoms with Crippen molar-refractivity contribution >= 4 is 34.6 Å². The van der Waals surface area contributed by atoms with Crippen LogP contribution in [0.2, 0.25) is 0 Å². The molecule has 0 spiro atoms. The predicted molar refractivity (Wildman–Crippen MR) is 84.9 cm³/mol. The lowest BCUT2D eigenvalue weighted by molar-refractivity contribution is -0.124. The zero-order chi connectivity index (χ0) is 15.8. The zero-order valence-corrected chi connectivity index (χ0v) is 12.1. The Bertz CT molecular complexity index is 903. The number of amides is 2. The first kappa shape index (κ1) is 13.4. The first-order chi connectivity index (χ1) is 11.2. The summed E-state index contributed by atoms with van der Waals surface area (Å²) in [6.07, 6.45) is 1.66. The topological polar surface area (TPSA) is 88.9 Å². The van der Waals surface area contributed by atoms with Gasteiger partial charge in [-0.05, 0) is 24.3 Å². The summed E-state index contributed by atoms with van der Waals surface area (Å²) < 4.78 is 1.76. The molecule has 0 saturated heterocycles. The summed E-state index contributed by atoms with van der Waals surface area (Å²) >= 11 is 0. The average Bonchev–Trinajstić information content (AvgIpc) is 2.93. The highest BCUT2D eigenvalue weighted by atomic mass is 16.2. The molecule has 7 nitrogen and oxygen atoms in total. The van der Waals surface area contributed by atoms with Gasteiger partial charge in [0.1, 0.15) is 11.9 Å². The van der Waals surface area contributed by atoms with E-state index in [2.05, 4.69) is 20.6 Å². The number of carbonyl (C=O) groups excluding carboxylic acids is 2. The molecule has 1 aromatic carbocycles. The molecule has 114 valence electrons. The second-order valence-electron chi connectivity index (χ2n) is 5.27. The fraction of sp³-hybridized carbons (Fsp3) is 0.125. The van der Waals surface area contributed by atoms with Crippen molar-refractivity contribution in [2.75, 3.05) is 10.6 Å². The van der Waals surface area contributed by atoms with Gasteiger partial charge >= 0.3 is 0 Å².